The number of aryl methyl sites for hydroxylation is 1. The van der Waals surface area contributed by atoms with Gasteiger partial charge in [-0.25, -0.2) is 9.59 Å². The molecule has 5 rings (SSSR count). The Morgan fingerprint density at radius 1 is 0.528 bits per heavy atom. The summed E-state index contributed by atoms with van der Waals surface area (Å²) in [5.41, 5.74) is 1.02. The van der Waals surface area contributed by atoms with E-state index in [0.29, 0.717) is 44.5 Å². The minimum absolute atomic E-state index is 0.313. The van der Waals surface area contributed by atoms with Crippen LogP contribution in [0, 0.1) is 0 Å². The van der Waals surface area contributed by atoms with Crippen LogP contribution in [0.5, 0.6) is 23.0 Å². The molecule has 5 aromatic carbocycles. The van der Waals surface area contributed by atoms with E-state index in [0.717, 1.165) is 12.0 Å². The van der Waals surface area contributed by atoms with Crippen molar-refractivity contribution in [2.45, 2.75) is 13.3 Å². The number of fused-ring (bicyclic) bond motifs is 2. The zero-order valence-electron chi connectivity index (χ0n) is 19.5. The molecule has 0 heterocycles. The van der Waals surface area contributed by atoms with Gasteiger partial charge in [-0.2, -0.15) is 0 Å². The lowest BCUT2D eigenvalue weighted by molar-refractivity contribution is 0.151. The highest BCUT2D eigenvalue weighted by Crippen LogP contribution is 2.43. The number of hydrogen-bond acceptors (Lipinski definition) is 6. The number of rotatable bonds is 5. The highest BCUT2D eigenvalue weighted by molar-refractivity contribution is 6.12. The molecule has 0 unspecified atom stereocenters. The molecule has 6 nitrogen and oxygen atoms in total. The first-order chi connectivity index (χ1) is 17.6. The summed E-state index contributed by atoms with van der Waals surface area (Å²) in [5.74, 6) is 1.37. The molecule has 0 atom stereocenters. The Morgan fingerprint density at radius 3 is 1.47 bits per heavy atom. The summed E-state index contributed by atoms with van der Waals surface area (Å²) >= 11 is 0. The van der Waals surface area contributed by atoms with Crippen LogP contribution in [-0.2, 0) is 6.42 Å². The first-order valence-electron chi connectivity index (χ1n) is 11.5. The molecule has 36 heavy (non-hydrogen) atoms. The lowest BCUT2D eigenvalue weighted by Gasteiger charge is -2.17. The Balaban J connectivity index is 1.59. The maximum absolute atomic E-state index is 12.7. The van der Waals surface area contributed by atoms with Gasteiger partial charge in [0.1, 0.15) is 23.0 Å². The number of carbonyl (C=O) groups excluding carboxylic acids is 2. The maximum atomic E-state index is 12.7. The first kappa shape index (κ1) is 22.9. The Hall–Kier alpha value is -4.84. The van der Waals surface area contributed by atoms with Gasteiger partial charge >= 0.3 is 12.3 Å². The van der Waals surface area contributed by atoms with Gasteiger partial charge in [0.15, 0.2) is 0 Å². The van der Waals surface area contributed by atoms with Crippen LogP contribution in [0.2, 0.25) is 0 Å². The fourth-order valence-corrected chi connectivity index (χ4v) is 3.96. The Labute approximate surface area is 207 Å². The summed E-state index contributed by atoms with van der Waals surface area (Å²) in [5, 5.41) is 2.38. The van der Waals surface area contributed by atoms with E-state index < -0.39 is 12.3 Å². The van der Waals surface area contributed by atoms with E-state index in [-0.39, 0.29) is 0 Å². The monoisotopic (exact) mass is 478 g/mol. The zero-order chi connectivity index (χ0) is 24.9. The van der Waals surface area contributed by atoms with Crippen molar-refractivity contribution in [3.8, 4) is 23.0 Å². The standard InChI is InChI=1S/C30H22O6/c1-2-20-17-18-25-26(19-20)28(36-30(32)34-22-13-7-4-8-14-22)24-16-10-9-15-23(24)27(25)35-29(31)33-21-11-5-3-6-12-21/h3-19H,2H2,1H3. The normalized spacial score (nSPS) is 10.7. The van der Waals surface area contributed by atoms with E-state index in [2.05, 4.69) is 0 Å². The van der Waals surface area contributed by atoms with Crippen molar-refractivity contribution in [1.82, 2.24) is 0 Å². The molecular weight excluding hydrogens is 456 g/mol. The molecule has 0 aliphatic heterocycles. The average molecular weight is 479 g/mol. The maximum Gasteiger partial charge on any atom is 0.519 e. The summed E-state index contributed by atoms with van der Waals surface area (Å²) in [6, 6.07) is 30.3. The van der Waals surface area contributed by atoms with Crippen molar-refractivity contribution < 1.29 is 28.5 Å². The molecule has 5 aromatic rings. The van der Waals surface area contributed by atoms with E-state index in [1.165, 1.54) is 0 Å². The third kappa shape index (κ3) is 4.83. The zero-order valence-corrected chi connectivity index (χ0v) is 19.5. The topological polar surface area (TPSA) is 71.1 Å². The van der Waals surface area contributed by atoms with Gasteiger partial charge in [0.05, 0.1) is 0 Å². The molecule has 0 aliphatic carbocycles. The molecule has 0 radical (unpaired) electrons. The molecule has 0 saturated carbocycles. The first-order valence-corrected chi connectivity index (χ1v) is 11.5. The van der Waals surface area contributed by atoms with E-state index in [1.807, 2.05) is 49.4 Å². The molecule has 0 amide bonds. The summed E-state index contributed by atoms with van der Waals surface area (Å²) < 4.78 is 22.2. The Bertz CT molecular complexity index is 1540. The predicted octanol–water partition coefficient (Wildman–Crippen LogP) is 7.71. The van der Waals surface area contributed by atoms with Gasteiger partial charge < -0.3 is 18.9 Å². The predicted molar refractivity (Wildman–Crippen MR) is 137 cm³/mol. The second kappa shape index (κ2) is 10.2. The van der Waals surface area contributed by atoms with Crippen LogP contribution in [0.1, 0.15) is 12.5 Å². The van der Waals surface area contributed by atoms with Crippen molar-refractivity contribution in [1.29, 1.82) is 0 Å². The summed E-state index contributed by atoms with van der Waals surface area (Å²) in [7, 11) is 0. The van der Waals surface area contributed by atoms with E-state index in [1.54, 1.807) is 60.7 Å². The van der Waals surface area contributed by atoms with E-state index in [4.69, 9.17) is 18.9 Å². The van der Waals surface area contributed by atoms with Gasteiger partial charge in [0.25, 0.3) is 0 Å². The Morgan fingerprint density at radius 2 is 0.972 bits per heavy atom. The second-order valence-electron chi connectivity index (χ2n) is 7.97. The minimum Gasteiger partial charge on any atom is -0.395 e. The van der Waals surface area contributed by atoms with Crippen molar-refractivity contribution in [3.05, 3.63) is 109 Å². The van der Waals surface area contributed by atoms with Gasteiger partial charge in [-0.05, 0) is 42.3 Å². The van der Waals surface area contributed by atoms with Crippen LogP contribution in [0.25, 0.3) is 21.5 Å². The molecule has 0 spiro atoms. The van der Waals surface area contributed by atoms with Gasteiger partial charge in [-0.15, -0.1) is 0 Å². The average Bonchev–Trinajstić information content (AvgIpc) is 2.91. The van der Waals surface area contributed by atoms with Crippen molar-refractivity contribution in [3.63, 3.8) is 0 Å². The summed E-state index contributed by atoms with van der Waals surface area (Å²) in [6.07, 6.45) is -0.973. The largest absolute Gasteiger partial charge is 0.519 e. The Kier molecular flexibility index (Phi) is 6.49. The second-order valence-corrected chi connectivity index (χ2v) is 7.97. The van der Waals surface area contributed by atoms with Gasteiger partial charge in [-0.3, -0.25) is 0 Å². The minimum atomic E-state index is -0.871. The molecule has 0 saturated heterocycles. The lowest BCUT2D eigenvalue weighted by atomic mass is 9.98. The molecule has 6 heteroatoms. The van der Waals surface area contributed by atoms with Crippen molar-refractivity contribution >= 4 is 33.9 Å². The highest BCUT2D eigenvalue weighted by atomic mass is 16.7. The highest BCUT2D eigenvalue weighted by Gasteiger charge is 2.22. The van der Waals surface area contributed by atoms with Crippen LogP contribution < -0.4 is 18.9 Å². The molecule has 178 valence electrons. The smallest absolute Gasteiger partial charge is 0.395 e. The number of ether oxygens (including phenoxy) is 4. The van der Waals surface area contributed by atoms with Crippen molar-refractivity contribution in [2.75, 3.05) is 0 Å². The van der Waals surface area contributed by atoms with Gasteiger partial charge in [0, 0.05) is 21.5 Å². The summed E-state index contributed by atoms with van der Waals surface area (Å²) in [6.45, 7) is 2.03. The van der Waals surface area contributed by atoms with Crippen LogP contribution in [0.3, 0.4) is 0 Å². The van der Waals surface area contributed by atoms with Crippen LogP contribution in [-0.4, -0.2) is 12.3 Å². The lowest BCUT2D eigenvalue weighted by Crippen LogP contribution is -2.16. The fourth-order valence-electron chi connectivity index (χ4n) is 3.96. The number of carbonyl (C=O) groups is 2. The van der Waals surface area contributed by atoms with Gasteiger partial charge in [0.2, 0.25) is 0 Å². The molecule has 0 bridgehead atoms. The SMILES string of the molecule is CCc1ccc2c(OC(=O)Oc3ccccc3)c3ccccc3c(OC(=O)Oc3ccccc3)c2c1. The molecule has 0 aliphatic rings. The van der Waals surface area contributed by atoms with E-state index in [9.17, 15) is 9.59 Å². The fraction of sp³-hybridized carbons (Fsp3) is 0.0667. The quantitative estimate of drug-likeness (QED) is 0.146. The van der Waals surface area contributed by atoms with Crippen LogP contribution >= 0.6 is 0 Å². The molecular formula is C30H22O6. The third-order valence-corrected chi connectivity index (χ3v) is 5.66. The van der Waals surface area contributed by atoms with Crippen LogP contribution in [0.4, 0.5) is 9.59 Å². The third-order valence-electron chi connectivity index (χ3n) is 5.66. The number of para-hydroxylation sites is 2. The molecule has 0 fully saturated rings. The van der Waals surface area contributed by atoms with Crippen LogP contribution in [0.15, 0.2) is 103 Å². The van der Waals surface area contributed by atoms with Crippen molar-refractivity contribution in [2.24, 2.45) is 0 Å². The molecule has 0 aromatic heterocycles. The summed E-state index contributed by atoms with van der Waals surface area (Å²) in [4.78, 5) is 25.4. The van der Waals surface area contributed by atoms with Gasteiger partial charge in [-0.1, -0.05) is 79.7 Å². The van der Waals surface area contributed by atoms with E-state index >= 15 is 0 Å². The molecule has 0 N–H and O–H groups in total. The number of hydrogen-bond donors (Lipinski definition) is 0. The number of benzene rings is 5.